The molecule has 10 nitrogen and oxygen atoms in total. The van der Waals surface area contributed by atoms with Crippen molar-refractivity contribution in [2.75, 3.05) is 40.9 Å². The fourth-order valence-corrected chi connectivity index (χ4v) is 3.64. The van der Waals surface area contributed by atoms with E-state index in [1.165, 1.54) is 0 Å². The fourth-order valence-electron chi connectivity index (χ4n) is 3.64. The molecule has 0 N–H and O–H groups in total. The Bertz CT molecular complexity index is 771. The number of nitrogens with zero attached hydrogens (tertiary/aromatic N) is 8. The molecule has 27 heavy (non-hydrogen) atoms. The number of likely N-dealkylation sites (N-methyl/N-ethyl adjacent to an activating group) is 1. The third kappa shape index (κ3) is 3.72. The van der Waals surface area contributed by atoms with E-state index in [4.69, 9.17) is 4.74 Å². The van der Waals surface area contributed by atoms with Crippen molar-refractivity contribution >= 4 is 5.91 Å². The smallest absolute Gasteiger partial charge is 0.274 e. The molecule has 1 fully saturated rings. The lowest BCUT2D eigenvalue weighted by molar-refractivity contribution is 0.0247. The number of rotatable bonds is 7. The van der Waals surface area contributed by atoms with Crippen LogP contribution in [0.15, 0.2) is 12.3 Å². The van der Waals surface area contributed by atoms with Crippen molar-refractivity contribution in [2.24, 2.45) is 0 Å². The predicted octanol–water partition coefficient (Wildman–Crippen LogP) is 0.229. The summed E-state index contributed by atoms with van der Waals surface area (Å²) in [6.07, 6.45) is 3.58. The number of ether oxygens (including phenoxy) is 1. The molecule has 1 unspecified atom stereocenters. The lowest BCUT2D eigenvalue weighted by atomic mass is 9.86. The highest BCUT2D eigenvalue weighted by atomic mass is 16.5. The molecule has 1 atom stereocenters. The maximum absolute atomic E-state index is 13.0. The zero-order valence-corrected chi connectivity index (χ0v) is 16.5. The summed E-state index contributed by atoms with van der Waals surface area (Å²) < 4.78 is 8.72. The second-order valence-corrected chi connectivity index (χ2v) is 7.03. The summed E-state index contributed by atoms with van der Waals surface area (Å²) in [6, 6.07) is 1.78. The average molecular weight is 376 g/mol. The zero-order valence-electron chi connectivity index (χ0n) is 16.5. The number of methoxy groups -OCH3 is 1. The van der Waals surface area contributed by atoms with E-state index in [1.54, 1.807) is 22.5 Å². The molecule has 1 saturated heterocycles. The van der Waals surface area contributed by atoms with Crippen molar-refractivity contribution in [2.45, 2.75) is 38.4 Å². The van der Waals surface area contributed by atoms with E-state index in [0.717, 1.165) is 25.2 Å². The monoisotopic (exact) mass is 376 g/mol. The fraction of sp³-hybridized carbons (Fsp3) is 0.706. The van der Waals surface area contributed by atoms with Gasteiger partial charge in [0.15, 0.2) is 5.82 Å². The molecule has 2 aromatic heterocycles. The quantitative estimate of drug-likeness (QED) is 0.683. The summed E-state index contributed by atoms with van der Waals surface area (Å²) in [5.74, 6) is 0.713. The molecule has 10 heteroatoms. The number of tetrazole rings is 1. The molecule has 0 aliphatic carbocycles. The molecule has 3 rings (SSSR count). The molecule has 1 amide bonds. The van der Waals surface area contributed by atoms with Crippen molar-refractivity contribution in [1.29, 1.82) is 0 Å². The van der Waals surface area contributed by atoms with Crippen molar-refractivity contribution < 1.29 is 9.53 Å². The van der Waals surface area contributed by atoms with Crippen LogP contribution >= 0.6 is 0 Å². The second-order valence-electron chi connectivity index (χ2n) is 7.03. The van der Waals surface area contributed by atoms with E-state index in [1.807, 2.05) is 32.1 Å². The Hall–Kier alpha value is -2.33. The minimum Gasteiger partial charge on any atom is -0.383 e. The highest BCUT2D eigenvalue weighted by Gasteiger charge is 2.45. The molecule has 1 aliphatic rings. The minimum atomic E-state index is -0.446. The molecule has 3 heterocycles. The van der Waals surface area contributed by atoms with E-state index < -0.39 is 5.54 Å². The summed E-state index contributed by atoms with van der Waals surface area (Å²) in [5.41, 5.74) is 0.0312. The number of carbonyl (C=O) groups excluding carboxylic acids is 1. The third-order valence-electron chi connectivity index (χ3n) is 5.25. The van der Waals surface area contributed by atoms with Crippen LogP contribution in [0.2, 0.25) is 0 Å². The number of carbonyl (C=O) groups is 1. The van der Waals surface area contributed by atoms with Gasteiger partial charge in [-0.1, -0.05) is 0 Å². The average Bonchev–Trinajstić information content (AvgIpc) is 3.35. The van der Waals surface area contributed by atoms with Crippen molar-refractivity contribution in [3.8, 4) is 0 Å². The number of piperidine rings is 1. The number of hydrogen-bond acceptors (Lipinski definition) is 7. The van der Waals surface area contributed by atoms with Gasteiger partial charge >= 0.3 is 0 Å². The lowest BCUT2D eigenvalue weighted by Gasteiger charge is -2.45. The molecule has 0 saturated carbocycles. The molecule has 148 valence electrons. The van der Waals surface area contributed by atoms with Crippen LogP contribution in [-0.2, 0) is 23.4 Å². The summed E-state index contributed by atoms with van der Waals surface area (Å²) in [5, 5.41) is 16.7. The van der Waals surface area contributed by atoms with Gasteiger partial charge in [-0.05, 0) is 50.4 Å². The Kier molecular flexibility index (Phi) is 5.85. The second kappa shape index (κ2) is 8.13. The van der Waals surface area contributed by atoms with E-state index >= 15 is 0 Å². The molecule has 0 bridgehead atoms. The largest absolute Gasteiger partial charge is 0.383 e. The molecule has 0 radical (unpaired) electrons. The summed E-state index contributed by atoms with van der Waals surface area (Å²) in [4.78, 5) is 17.0. The Balaban J connectivity index is 1.88. The maximum Gasteiger partial charge on any atom is 0.274 e. The van der Waals surface area contributed by atoms with Gasteiger partial charge in [0.25, 0.3) is 5.91 Å². The van der Waals surface area contributed by atoms with Crippen LogP contribution in [0.5, 0.6) is 0 Å². The Morgan fingerprint density at radius 1 is 1.41 bits per heavy atom. The topological polar surface area (TPSA) is 94.2 Å². The van der Waals surface area contributed by atoms with Gasteiger partial charge in [0, 0.05) is 32.9 Å². The normalized spacial score (nSPS) is 20.4. The highest BCUT2D eigenvalue weighted by Crippen LogP contribution is 2.35. The number of amides is 1. The minimum absolute atomic E-state index is 0.0518. The first-order valence-corrected chi connectivity index (χ1v) is 9.27. The molecule has 0 aromatic carbocycles. The van der Waals surface area contributed by atoms with Crippen LogP contribution in [0, 0.1) is 0 Å². The molecular formula is C17H28N8O2. The van der Waals surface area contributed by atoms with Gasteiger partial charge in [0.2, 0.25) is 0 Å². The Labute approximate surface area is 159 Å². The zero-order chi connectivity index (χ0) is 19.4. The Morgan fingerprint density at radius 3 is 2.89 bits per heavy atom. The van der Waals surface area contributed by atoms with E-state index in [0.29, 0.717) is 31.9 Å². The molecular weight excluding hydrogens is 348 g/mol. The van der Waals surface area contributed by atoms with Gasteiger partial charge in [-0.2, -0.15) is 5.10 Å². The lowest BCUT2D eigenvalue weighted by Crippen LogP contribution is -2.56. The predicted molar refractivity (Wildman–Crippen MR) is 98.1 cm³/mol. The first-order valence-electron chi connectivity index (χ1n) is 9.27. The van der Waals surface area contributed by atoms with E-state index in [-0.39, 0.29) is 5.91 Å². The van der Waals surface area contributed by atoms with Gasteiger partial charge in [0.05, 0.1) is 13.2 Å². The number of aromatic nitrogens is 6. The number of hydrogen-bond donors (Lipinski definition) is 0. The SMILES string of the molecule is CCn1ccc(C(=O)N2CCCC(c3nnnn3CCOC)(N(C)C)C2)n1. The van der Waals surface area contributed by atoms with Crippen molar-refractivity contribution in [1.82, 2.24) is 39.8 Å². The number of aryl methyl sites for hydroxylation is 1. The summed E-state index contributed by atoms with van der Waals surface area (Å²) in [6.45, 7) is 5.06. The van der Waals surface area contributed by atoms with Gasteiger partial charge < -0.3 is 9.64 Å². The van der Waals surface area contributed by atoms with Crippen LogP contribution in [0.3, 0.4) is 0 Å². The Morgan fingerprint density at radius 2 is 2.22 bits per heavy atom. The molecule has 0 spiro atoms. The van der Waals surface area contributed by atoms with Crippen LogP contribution in [-0.4, -0.2) is 86.6 Å². The third-order valence-corrected chi connectivity index (χ3v) is 5.25. The van der Waals surface area contributed by atoms with Crippen LogP contribution in [0.25, 0.3) is 0 Å². The van der Waals surface area contributed by atoms with Gasteiger partial charge in [-0.25, -0.2) is 4.68 Å². The van der Waals surface area contributed by atoms with Crippen molar-refractivity contribution in [3.05, 3.63) is 23.8 Å². The highest BCUT2D eigenvalue weighted by molar-refractivity contribution is 5.92. The maximum atomic E-state index is 13.0. The van der Waals surface area contributed by atoms with Crippen LogP contribution in [0.1, 0.15) is 36.1 Å². The summed E-state index contributed by atoms with van der Waals surface area (Å²) >= 11 is 0. The van der Waals surface area contributed by atoms with Gasteiger partial charge in [-0.15, -0.1) is 5.10 Å². The molecule has 1 aliphatic heterocycles. The standard InChI is InChI=1S/C17H28N8O2/c1-5-24-10-7-14(19-24)15(26)23-9-6-8-17(13-23,22(2)3)16-18-20-21-25(16)11-12-27-4/h7,10H,5-6,8-9,11-13H2,1-4H3. The number of likely N-dealkylation sites (tertiary alicyclic amines) is 1. The first-order chi connectivity index (χ1) is 13.0. The van der Waals surface area contributed by atoms with E-state index in [9.17, 15) is 4.79 Å². The van der Waals surface area contributed by atoms with Gasteiger partial charge in [-0.3, -0.25) is 14.4 Å². The summed E-state index contributed by atoms with van der Waals surface area (Å²) in [7, 11) is 5.67. The van der Waals surface area contributed by atoms with Gasteiger partial charge in [0.1, 0.15) is 11.2 Å². The van der Waals surface area contributed by atoms with Crippen LogP contribution < -0.4 is 0 Å². The molecule has 2 aromatic rings. The van der Waals surface area contributed by atoms with Crippen LogP contribution in [0.4, 0.5) is 0 Å². The first kappa shape index (κ1) is 19.4. The van der Waals surface area contributed by atoms with E-state index in [2.05, 4.69) is 25.5 Å². The van der Waals surface area contributed by atoms with Crippen molar-refractivity contribution in [3.63, 3.8) is 0 Å².